The Morgan fingerprint density at radius 2 is 1.68 bits per heavy atom. The van der Waals surface area contributed by atoms with Crippen LogP contribution in [-0.4, -0.2) is 15.3 Å². The summed E-state index contributed by atoms with van der Waals surface area (Å²) in [4.78, 5) is 24.0. The van der Waals surface area contributed by atoms with Gasteiger partial charge in [0, 0.05) is 16.2 Å². The van der Waals surface area contributed by atoms with Gasteiger partial charge in [0.05, 0.1) is 12.2 Å². The maximum atomic E-state index is 14.0. The summed E-state index contributed by atoms with van der Waals surface area (Å²) in [6.07, 6.45) is 1.19. The van der Waals surface area contributed by atoms with E-state index in [1.54, 1.807) is 24.3 Å². The number of carbonyl (C=O) groups is 1. The van der Waals surface area contributed by atoms with Crippen LogP contribution >= 0.6 is 15.9 Å². The Morgan fingerprint density at radius 1 is 1.08 bits per heavy atom. The summed E-state index contributed by atoms with van der Waals surface area (Å²) < 4.78 is 31.1. The van der Waals surface area contributed by atoms with Crippen LogP contribution in [0.2, 0.25) is 0 Å². The molecule has 1 amide bonds. The number of rotatable bonds is 4. The Balaban J connectivity index is 2.19. The third kappa shape index (κ3) is 3.25. The first-order chi connectivity index (χ1) is 11.9. The highest BCUT2D eigenvalue weighted by Crippen LogP contribution is 2.17. The number of hydrogen-bond acceptors (Lipinski definition) is 2. The molecule has 0 saturated heterocycles. The van der Waals surface area contributed by atoms with E-state index >= 15 is 0 Å². The summed E-state index contributed by atoms with van der Waals surface area (Å²) in [5, 5.41) is 0. The minimum Gasteiger partial charge on any atom is -0.365 e. The summed E-state index contributed by atoms with van der Waals surface area (Å²) in [6.45, 7) is -0.281. The van der Waals surface area contributed by atoms with Crippen LogP contribution in [-0.2, 0) is 6.54 Å². The van der Waals surface area contributed by atoms with E-state index in [-0.39, 0.29) is 17.7 Å². The average Bonchev–Trinajstić information content (AvgIpc) is 2.89. The van der Waals surface area contributed by atoms with E-state index in [9.17, 15) is 18.4 Å². The van der Waals surface area contributed by atoms with Gasteiger partial charge in [-0.2, -0.15) is 0 Å². The van der Waals surface area contributed by atoms with E-state index in [2.05, 4.69) is 15.9 Å². The van der Waals surface area contributed by atoms with Crippen molar-refractivity contribution >= 4 is 21.8 Å². The zero-order valence-corrected chi connectivity index (χ0v) is 14.3. The molecule has 0 saturated carbocycles. The minimum absolute atomic E-state index is 0.223. The quantitative estimate of drug-likeness (QED) is 0.722. The molecule has 3 rings (SSSR count). The normalized spacial score (nSPS) is 10.8. The van der Waals surface area contributed by atoms with Crippen LogP contribution in [0.3, 0.4) is 0 Å². The van der Waals surface area contributed by atoms with Crippen molar-refractivity contribution in [2.24, 2.45) is 5.73 Å². The third-order valence-electron chi connectivity index (χ3n) is 3.68. The van der Waals surface area contributed by atoms with E-state index in [1.165, 1.54) is 16.9 Å². The van der Waals surface area contributed by atoms with Crippen molar-refractivity contribution < 1.29 is 13.6 Å². The number of aromatic nitrogens is 2. The van der Waals surface area contributed by atoms with E-state index in [0.717, 1.165) is 21.3 Å². The molecule has 0 bridgehead atoms. The van der Waals surface area contributed by atoms with Crippen molar-refractivity contribution in [1.82, 2.24) is 9.36 Å². The Bertz CT molecular complexity index is 989. The number of nitrogens with zero attached hydrogens (tertiary/aromatic N) is 2. The van der Waals surface area contributed by atoms with E-state index in [4.69, 9.17) is 5.73 Å². The van der Waals surface area contributed by atoms with Crippen molar-refractivity contribution in [1.29, 1.82) is 0 Å². The predicted molar refractivity (Wildman–Crippen MR) is 91.7 cm³/mol. The molecule has 0 atom stereocenters. The summed E-state index contributed by atoms with van der Waals surface area (Å²) in [6, 6.07) is 10.2. The standard InChI is InChI=1S/C17H12BrF2N3O2/c18-10-4-6-11(7-5-10)23-17(25)13(16(21)24)9-22(23)8-12-14(19)2-1-3-15(12)20/h1-7,9H,8H2,(H2,21,24). The van der Waals surface area contributed by atoms with Gasteiger partial charge in [0.1, 0.15) is 17.2 Å². The number of benzene rings is 2. The Labute approximate surface area is 149 Å². The van der Waals surface area contributed by atoms with Gasteiger partial charge in [-0.3, -0.25) is 14.3 Å². The van der Waals surface area contributed by atoms with Crippen molar-refractivity contribution in [3.8, 4) is 5.69 Å². The predicted octanol–water partition coefficient (Wildman–Crippen LogP) is 2.83. The molecule has 0 aliphatic heterocycles. The molecule has 0 aliphatic rings. The van der Waals surface area contributed by atoms with Gasteiger partial charge < -0.3 is 5.73 Å². The molecule has 2 N–H and O–H groups in total. The minimum atomic E-state index is -0.913. The second kappa shape index (κ2) is 6.64. The first-order valence-corrected chi connectivity index (χ1v) is 7.99. The smallest absolute Gasteiger partial charge is 0.284 e. The molecule has 128 valence electrons. The van der Waals surface area contributed by atoms with Gasteiger partial charge in [-0.05, 0) is 36.4 Å². The molecule has 0 unspecified atom stereocenters. The van der Waals surface area contributed by atoms with Gasteiger partial charge in [-0.1, -0.05) is 22.0 Å². The molecular formula is C17H12BrF2N3O2. The van der Waals surface area contributed by atoms with Gasteiger partial charge in [0.2, 0.25) is 0 Å². The lowest BCUT2D eigenvalue weighted by molar-refractivity contribution is 0.0999. The van der Waals surface area contributed by atoms with Crippen LogP contribution in [0, 0.1) is 11.6 Å². The molecule has 1 heterocycles. The van der Waals surface area contributed by atoms with E-state index in [1.807, 2.05) is 0 Å². The van der Waals surface area contributed by atoms with Crippen molar-refractivity contribution in [3.63, 3.8) is 0 Å². The summed E-state index contributed by atoms with van der Waals surface area (Å²) in [7, 11) is 0. The first-order valence-electron chi connectivity index (χ1n) is 7.19. The van der Waals surface area contributed by atoms with Crippen LogP contribution in [0.1, 0.15) is 15.9 Å². The Hall–Kier alpha value is -2.74. The molecule has 25 heavy (non-hydrogen) atoms. The number of primary amides is 1. The molecule has 0 aliphatic carbocycles. The van der Waals surface area contributed by atoms with Gasteiger partial charge in [-0.15, -0.1) is 0 Å². The second-order valence-electron chi connectivity index (χ2n) is 5.30. The Kier molecular flexibility index (Phi) is 4.54. The van der Waals surface area contributed by atoms with Crippen molar-refractivity contribution in [3.05, 3.63) is 86.2 Å². The molecule has 2 aromatic carbocycles. The monoisotopic (exact) mass is 407 g/mol. The third-order valence-corrected chi connectivity index (χ3v) is 4.20. The van der Waals surface area contributed by atoms with Crippen LogP contribution in [0.25, 0.3) is 5.69 Å². The highest BCUT2D eigenvalue weighted by Gasteiger charge is 2.19. The van der Waals surface area contributed by atoms with Crippen LogP contribution in [0.5, 0.6) is 0 Å². The highest BCUT2D eigenvalue weighted by atomic mass is 79.9. The number of hydrogen-bond donors (Lipinski definition) is 1. The molecule has 0 fully saturated rings. The van der Waals surface area contributed by atoms with Gasteiger partial charge >= 0.3 is 0 Å². The molecule has 0 spiro atoms. The molecule has 5 nitrogen and oxygen atoms in total. The summed E-state index contributed by atoms with van der Waals surface area (Å²) in [5.74, 6) is -2.41. The fourth-order valence-electron chi connectivity index (χ4n) is 2.47. The molecule has 0 radical (unpaired) electrons. The lowest BCUT2D eigenvalue weighted by Gasteiger charge is -2.13. The fourth-order valence-corrected chi connectivity index (χ4v) is 2.74. The molecule has 8 heteroatoms. The summed E-state index contributed by atoms with van der Waals surface area (Å²) >= 11 is 3.29. The highest BCUT2D eigenvalue weighted by molar-refractivity contribution is 9.10. The van der Waals surface area contributed by atoms with Gasteiger partial charge in [0.25, 0.3) is 11.5 Å². The first kappa shape index (κ1) is 17.1. The second-order valence-corrected chi connectivity index (χ2v) is 6.21. The fraction of sp³-hybridized carbons (Fsp3) is 0.0588. The Morgan fingerprint density at radius 3 is 2.24 bits per heavy atom. The SMILES string of the molecule is NC(=O)c1cn(Cc2c(F)cccc2F)n(-c2ccc(Br)cc2)c1=O. The van der Waals surface area contributed by atoms with Crippen molar-refractivity contribution in [2.45, 2.75) is 6.54 Å². The van der Waals surface area contributed by atoms with E-state index in [0.29, 0.717) is 5.69 Å². The zero-order chi connectivity index (χ0) is 18.1. The number of amides is 1. The molecule has 1 aromatic heterocycles. The number of nitrogens with two attached hydrogens (primary N) is 1. The molecule has 3 aromatic rings. The number of halogens is 3. The largest absolute Gasteiger partial charge is 0.365 e. The van der Waals surface area contributed by atoms with Crippen molar-refractivity contribution in [2.75, 3.05) is 0 Å². The maximum absolute atomic E-state index is 14.0. The molecular weight excluding hydrogens is 396 g/mol. The lowest BCUT2D eigenvalue weighted by atomic mass is 10.2. The maximum Gasteiger partial charge on any atom is 0.284 e. The topological polar surface area (TPSA) is 70.0 Å². The number of carbonyl (C=O) groups excluding carboxylic acids is 1. The summed E-state index contributed by atoms with van der Waals surface area (Å²) in [5.41, 5.74) is 4.51. The van der Waals surface area contributed by atoms with Crippen LogP contribution in [0.15, 0.2) is 57.9 Å². The van der Waals surface area contributed by atoms with Crippen LogP contribution < -0.4 is 11.3 Å². The van der Waals surface area contributed by atoms with Gasteiger partial charge in [0.15, 0.2) is 0 Å². The van der Waals surface area contributed by atoms with Gasteiger partial charge in [-0.25, -0.2) is 13.5 Å². The zero-order valence-electron chi connectivity index (χ0n) is 12.7. The lowest BCUT2D eigenvalue weighted by Crippen LogP contribution is -2.26. The average molecular weight is 408 g/mol. The van der Waals surface area contributed by atoms with E-state index < -0.39 is 23.1 Å². The van der Waals surface area contributed by atoms with Crippen LogP contribution in [0.4, 0.5) is 8.78 Å².